The van der Waals surface area contributed by atoms with Crippen molar-refractivity contribution in [1.82, 2.24) is 15.0 Å². The van der Waals surface area contributed by atoms with E-state index in [2.05, 4.69) is 20.6 Å². The van der Waals surface area contributed by atoms with Gasteiger partial charge in [0.15, 0.2) is 5.78 Å². The molecule has 0 saturated heterocycles. The summed E-state index contributed by atoms with van der Waals surface area (Å²) in [4.78, 5) is 40.4. The quantitative estimate of drug-likeness (QED) is 0.132. The molecule has 0 aliphatic heterocycles. The van der Waals surface area contributed by atoms with Crippen molar-refractivity contribution in [3.8, 4) is 5.75 Å². The number of anilines is 3. The molecule has 2 heterocycles. The number of para-hydroxylation sites is 1. The molecule has 0 bridgehead atoms. The number of Topliss-reactive ketones (excluding diaryl/α,β-unsaturated/α-hetero) is 1. The summed E-state index contributed by atoms with van der Waals surface area (Å²) in [6.07, 6.45) is -3.05. The van der Waals surface area contributed by atoms with Gasteiger partial charge in [0.1, 0.15) is 17.9 Å². The van der Waals surface area contributed by atoms with E-state index in [0.717, 1.165) is 23.0 Å². The Morgan fingerprint density at radius 2 is 1.67 bits per heavy atom. The first-order valence-corrected chi connectivity index (χ1v) is 14.2. The maximum atomic E-state index is 14.1. The minimum absolute atomic E-state index is 0.169. The number of pyridine rings is 1. The minimum atomic E-state index is -4.52. The highest BCUT2D eigenvalue weighted by molar-refractivity contribution is 6.20. The van der Waals surface area contributed by atoms with Crippen LogP contribution in [0, 0.1) is 0 Å². The lowest BCUT2D eigenvalue weighted by Crippen LogP contribution is -2.18. The molecule has 0 aliphatic rings. The molecule has 0 spiro atoms. The number of hydrogen-bond donors (Lipinski definition) is 2. The summed E-state index contributed by atoms with van der Waals surface area (Å²) in [5, 5.41) is 7.59. The van der Waals surface area contributed by atoms with Gasteiger partial charge in [-0.1, -0.05) is 31.2 Å². The molecule has 2 aromatic heterocycles. The Hall–Kier alpha value is -5.58. The van der Waals surface area contributed by atoms with Gasteiger partial charge in [-0.15, -0.1) is 0 Å². The van der Waals surface area contributed by atoms with E-state index >= 15 is 0 Å². The minimum Gasteiger partial charge on any atom is -0.492 e. The Balaban J connectivity index is 1.46. The van der Waals surface area contributed by atoms with Gasteiger partial charge in [0.2, 0.25) is 0 Å². The van der Waals surface area contributed by atoms with E-state index < -0.39 is 17.6 Å². The number of amides is 1. The smallest absolute Gasteiger partial charge is 0.416 e. The molecule has 0 fully saturated rings. The van der Waals surface area contributed by atoms with Gasteiger partial charge in [-0.05, 0) is 55.5 Å². The monoisotopic (exact) mass is 609 g/mol. The summed E-state index contributed by atoms with van der Waals surface area (Å²) in [7, 11) is 0. The molecule has 45 heavy (non-hydrogen) atoms. The van der Waals surface area contributed by atoms with Crippen LogP contribution in [0.5, 0.6) is 5.75 Å². The summed E-state index contributed by atoms with van der Waals surface area (Å²) >= 11 is 0. The van der Waals surface area contributed by atoms with Gasteiger partial charge >= 0.3 is 6.18 Å². The first kappa shape index (κ1) is 29.5. The average Bonchev–Trinajstić information content (AvgIpc) is 3.03. The molecule has 0 aliphatic carbocycles. The zero-order chi connectivity index (χ0) is 31.7. The number of ether oxygens (including phenoxy) is 1. The molecule has 2 N–H and O–H groups in total. The van der Waals surface area contributed by atoms with E-state index in [1.54, 1.807) is 38.1 Å². The van der Waals surface area contributed by atoms with Crippen LogP contribution in [0.4, 0.5) is 30.4 Å². The van der Waals surface area contributed by atoms with Crippen molar-refractivity contribution in [1.29, 1.82) is 0 Å². The van der Waals surface area contributed by atoms with Gasteiger partial charge < -0.3 is 15.4 Å². The van der Waals surface area contributed by atoms with E-state index in [0.29, 0.717) is 27.6 Å². The Kier molecular flexibility index (Phi) is 7.76. The lowest BCUT2D eigenvalue weighted by atomic mass is 9.95. The number of carbonyl (C=O) groups is 2. The van der Waals surface area contributed by atoms with Crippen molar-refractivity contribution in [3.63, 3.8) is 0 Å². The molecular weight excluding hydrogens is 583 g/mol. The van der Waals surface area contributed by atoms with E-state index in [4.69, 9.17) is 9.72 Å². The van der Waals surface area contributed by atoms with Crippen molar-refractivity contribution in [2.75, 3.05) is 17.2 Å². The topological polar surface area (TPSA) is 106 Å². The molecule has 4 aromatic carbocycles. The van der Waals surface area contributed by atoms with Crippen LogP contribution in [-0.4, -0.2) is 33.2 Å². The maximum Gasteiger partial charge on any atom is 0.416 e. The van der Waals surface area contributed by atoms with Gasteiger partial charge in [0.05, 0.1) is 40.0 Å². The molecule has 6 rings (SSSR count). The number of hydrogen-bond acceptors (Lipinski definition) is 7. The highest BCUT2D eigenvalue weighted by Crippen LogP contribution is 2.36. The molecule has 11 heteroatoms. The standard InChI is InChI=1S/C34H26F3N5O3/c1-3-29(43)22-12-13-26-23(14-19-8-5-6-11-25(19)41-26)31(22)33(44)42-28-16-24-27(17-30(28)45-4-2)38-18-39-32(24)40-21-10-7-9-20(15-21)34(35,36)37/h5-18H,3-4H2,1-2H3,(H,42,44)(H,38,39,40). The van der Waals surface area contributed by atoms with Crippen LogP contribution in [0.25, 0.3) is 32.7 Å². The molecule has 0 radical (unpaired) electrons. The van der Waals surface area contributed by atoms with Crippen LogP contribution in [0.15, 0.2) is 85.2 Å². The number of halogens is 3. The predicted molar refractivity (Wildman–Crippen MR) is 167 cm³/mol. The van der Waals surface area contributed by atoms with Crippen LogP contribution < -0.4 is 15.4 Å². The second kappa shape index (κ2) is 11.8. The SMILES string of the molecule is CCOc1cc2ncnc(Nc3cccc(C(F)(F)F)c3)c2cc1NC(=O)c1c(C(=O)CC)ccc2nc3ccccc3cc12. The lowest BCUT2D eigenvalue weighted by molar-refractivity contribution is -0.137. The number of aromatic nitrogens is 3. The van der Waals surface area contributed by atoms with Crippen molar-refractivity contribution in [3.05, 3.63) is 102 Å². The Labute approximate surface area is 255 Å². The number of nitrogens with one attached hydrogen (secondary N) is 2. The van der Waals surface area contributed by atoms with Crippen LogP contribution in [0.1, 0.15) is 46.5 Å². The molecule has 6 aromatic rings. The van der Waals surface area contributed by atoms with Crippen molar-refractivity contribution >= 4 is 61.6 Å². The Morgan fingerprint density at radius 3 is 2.44 bits per heavy atom. The number of nitrogens with zero attached hydrogens (tertiary/aromatic N) is 3. The fourth-order valence-electron chi connectivity index (χ4n) is 5.17. The largest absolute Gasteiger partial charge is 0.492 e. The van der Waals surface area contributed by atoms with E-state index in [9.17, 15) is 22.8 Å². The molecule has 0 saturated carbocycles. The summed E-state index contributed by atoms with van der Waals surface area (Å²) < 4.78 is 45.8. The third kappa shape index (κ3) is 5.84. The highest BCUT2D eigenvalue weighted by Gasteiger charge is 2.30. The molecule has 8 nitrogen and oxygen atoms in total. The highest BCUT2D eigenvalue weighted by atomic mass is 19.4. The molecular formula is C34H26F3N5O3. The zero-order valence-corrected chi connectivity index (χ0v) is 24.2. The number of rotatable bonds is 8. The third-order valence-corrected chi connectivity index (χ3v) is 7.29. The summed E-state index contributed by atoms with van der Waals surface area (Å²) in [5.41, 5.74) is 1.78. The fraction of sp³-hybridized carbons (Fsp3) is 0.147. The van der Waals surface area contributed by atoms with E-state index in [1.165, 1.54) is 18.5 Å². The summed E-state index contributed by atoms with van der Waals surface area (Å²) in [6.45, 7) is 3.79. The van der Waals surface area contributed by atoms with Gasteiger partial charge in [-0.25, -0.2) is 15.0 Å². The number of fused-ring (bicyclic) bond motifs is 3. The number of ketones is 1. The number of carbonyl (C=O) groups excluding carboxylic acids is 2. The van der Waals surface area contributed by atoms with Crippen LogP contribution in [0.3, 0.4) is 0 Å². The fourth-order valence-corrected chi connectivity index (χ4v) is 5.17. The molecule has 1 amide bonds. The summed E-state index contributed by atoms with van der Waals surface area (Å²) in [5.74, 6) is -0.228. The van der Waals surface area contributed by atoms with Crippen molar-refractivity contribution in [2.45, 2.75) is 26.4 Å². The number of alkyl halides is 3. The average molecular weight is 610 g/mol. The number of benzene rings is 4. The first-order chi connectivity index (χ1) is 21.7. The van der Waals surface area contributed by atoms with Gasteiger partial charge in [0, 0.05) is 39.9 Å². The van der Waals surface area contributed by atoms with Gasteiger partial charge in [0.25, 0.3) is 5.91 Å². The van der Waals surface area contributed by atoms with Crippen molar-refractivity contribution in [2.24, 2.45) is 0 Å². The molecule has 226 valence electrons. The third-order valence-electron chi connectivity index (χ3n) is 7.29. The first-order valence-electron chi connectivity index (χ1n) is 14.2. The van der Waals surface area contributed by atoms with Gasteiger partial charge in [-0.3, -0.25) is 9.59 Å². The normalized spacial score (nSPS) is 11.6. The Bertz CT molecular complexity index is 2110. The van der Waals surface area contributed by atoms with Crippen LogP contribution >= 0.6 is 0 Å². The zero-order valence-electron chi connectivity index (χ0n) is 24.2. The summed E-state index contributed by atoms with van der Waals surface area (Å²) in [6, 6.07) is 20.6. The lowest BCUT2D eigenvalue weighted by Gasteiger charge is -2.17. The maximum absolute atomic E-state index is 14.1. The second-order valence-electron chi connectivity index (χ2n) is 10.2. The van der Waals surface area contributed by atoms with Crippen molar-refractivity contribution < 1.29 is 27.5 Å². The van der Waals surface area contributed by atoms with Crippen LogP contribution in [-0.2, 0) is 6.18 Å². The predicted octanol–water partition coefficient (Wildman–Crippen LogP) is 8.34. The molecule has 0 atom stereocenters. The van der Waals surface area contributed by atoms with E-state index in [1.807, 2.05) is 30.3 Å². The van der Waals surface area contributed by atoms with Crippen LogP contribution in [0.2, 0.25) is 0 Å². The second-order valence-corrected chi connectivity index (χ2v) is 10.2. The molecule has 0 unspecified atom stereocenters. The van der Waals surface area contributed by atoms with Gasteiger partial charge in [-0.2, -0.15) is 13.2 Å². The Morgan fingerprint density at radius 1 is 0.844 bits per heavy atom. The van der Waals surface area contributed by atoms with E-state index in [-0.39, 0.29) is 47.1 Å².